The van der Waals surface area contributed by atoms with Crippen LogP contribution in [0.2, 0.25) is 0 Å². The standard InChI is InChI=1S/C12H12O.C5H11NO/c1-9-3-6-11(7-4-9)12-8-5-10(2)13-12;1-2-3-4-6-5-7/h3-8H,1-2H3;5H,2-4H2,1H3,(H,6,7). The highest BCUT2D eigenvalue weighted by atomic mass is 16.3. The van der Waals surface area contributed by atoms with Crippen molar-refractivity contribution in [2.45, 2.75) is 33.6 Å². The molecule has 0 atom stereocenters. The number of furan rings is 1. The Morgan fingerprint density at radius 1 is 1.10 bits per heavy atom. The Kier molecular flexibility index (Phi) is 7.18. The summed E-state index contributed by atoms with van der Waals surface area (Å²) in [5.41, 5.74) is 2.41. The van der Waals surface area contributed by atoms with Gasteiger partial charge in [-0.3, -0.25) is 4.79 Å². The van der Waals surface area contributed by atoms with Gasteiger partial charge >= 0.3 is 0 Å². The molecule has 0 saturated carbocycles. The molecule has 2 aromatic rings. The first-order valence-corrected chi connectivity index (χ1v) is 6.98. The fourth-order valence-corrected chi connectivity index (χ4v) is 1.65. The topological polar surface area (TPSA) is 42.2 Å². The Labute approximate surface area is 121 Å². The second-order valence-electron chi connectivity index (χ2n) is 4.70. The quantitative estimate of drug-likeness (QED) is 0.658. The highest BCUT2D eigenvalue weighted by molar-refractivity contribution is 5.57. The number of carbonyl (C=O) groups is 1. The van der Waals surface area contributed by atoms with E-state index in [-0.39, 0.29) is 0 Å². The normalized spacial score (nSPS) is 9.55. The highest BCUT2D eigenvalue weighted by Crippen LogP contribution is 2.21. The number of carbonyl (C=O) groups excluding carboxylic acids is 1. The molecule has 0 bridgehead atoms. The summed E-state index contributed by atoms with van der Waals surface area (Å²) >= 11 is 0. The van der Waals surface area contributed by atoms with Crippen LogP contribution in [0.4, 0.5) is 0 Å². The molecule has 0 unspecified atom stereocenters. The number of unbranched alkanes of at least 4 members (excludes halogenated alkanes) is 1. The minimum Gasteiger partial charge on any atom is -0.461 e. The summed E-state index contributed by atoms with van der Waals surface area (Å²) in [5.74, 6) is 1.90. The molecular weight excluding hydrogens is 250 g/mol. The molecular formula is C17H23NO2. The SMILES string of the molecule is CCCCNC=O.Cc1ccc(-c2ccc(C)o2)cc1. The Hall–Kier alpha value is -2.03. The van der Waals surface area contributed by atoms with Crippen LogP contribution in [0.25, 0.3) is 11.3 Å². The molecule has 0 aliphatic carbocycles. The van der Waals surface area contributed by atoms with Gasteiger partial charge in [-0.2, -0.15) is 0 Å². The van der Waals surface area contributed by atoms with Crippen molar-refractivity contribution in [1.29, 1.82) is 0 Å². The van der Waals surface area contributed by atoms with E-state index in [0.29, 0.717) is 0 Å². The van der Waals surface area contributed by atoms with Gasteiger partial charge in [0.25, 0.3) is 0 Å². The van der Waals surface area contributed by atoms with E-state index in [2.05, 4.69) is 43.4 Å². The lowest BCUT2D eigenvalue weighted by Crippen LogP contribution is -2.11. The maximum Gasteiger partial charge on any atom is 0.207 e. The van der Waals surface area contributed by atoms with E-state index in [1.165, 1.54) is 5.56 Å². The van der Waals surface area contributed by atoms with Gasteiger partial charge in [0.1, 0.15) is 11.5 Å². The van der Waals surface area contributed by atoms with E-state index in [1.54, 1.807) is 0 Å². The van der Waals surface area contributed by atoms with Gasteiger partial charge in [-0.1, -0.05) is 43.2 Å². The number of rotatable bonds is 5. The summed E-state index contributed by atoms with van der Waals surface area (Å²) in [4.78, 5) is 9.57. The Bertz CT molecular complexity index is 500. The van der Waals surface area contributed by atoms with Crippen LogP contribution in [0.1, 0.15) is 31.1 Å². The third kappa shape index (κ3) is 5.74. The van der Waals surface area contributed by atoms with Crippen molar-refractivity contribution in [3.05, 3.63) is 47.7 Å². The van der Waals surface area contributed by atoms with Crippen LogP contribution in [-0.2, 0) is 4.79 Å². The number of hydrogen-bond acceptors (Lipinski definition) is 2. The van der Waals surface area contributed by atoms with Gasteiger partial charge < -0.3 is 9.73 Å². The van der Waals surface area contributed by atoms with Gasteiger partial charge in [0.05, 0.1) is 0 Å². The molecule has 1 N–H and O–H groups in total. The predicted octanol–water partition coefficient (Wildman–Crippen LogP) is 4.10. The molecule has 3 heteroatoms. The lowest BCUT2D eigenvalue weighted by Gasteiger charge is -1.96. The first kappa shape index (κ1) is 16.0. The van der Waals surface area contributed by atoms with Gasteiger partial charge in [0.15, 0.2) is 0 Å². The molecule has 20 heavy (non-hydrogen) atoms. The fraction of sp³-hybridized carbons (Fsp3) is 0.353. The van der Waals surface area contributed by atoms with E-state index in [4.69, 9.17) is 4.42 Å². The molecule has 0 aliphatic rings. The van der Waals surface area contributed by atoms with Crippen LogP contribution < -0.4 is 5.32 Å². The zero-order chi connectivity index (χ0) is 14.8. The zero-order valence-electron chi connectivity index (χ0n) is 12.5. The summed E-state index contributed by atoms with van der Waals surface area (Å²) in [6, 6.07) is 12.3. The van der Waals surface area contributed by atoms with Crippen LogP contribution in [0.5, 0.6) is 0 Å². The highest BCUT2D eigenvalue weighted by Gasteiger charge is 2.00. The van der Waals surface area contributed by atoms with Crippen LogP contribution in [-0.4, -0.2) is 13.0 Å². The van der Waals surface area contributed by atoms with Crippen molar-refractivity contribution in [1.82, 2.24) is 5.32 Å². The van der Waals surface area contributed by atoms with Crippen molar-refractivity contribution >= 4 is 6.41 Å². The van der Waals surface area contributed by atoms with Crippen LogP contribution in [0.15, 0.2) is 40.8 Å². The zero-order valence-corrected chi connectivity index (χ0v) is 12.5. The van der Waals surface area contributed by atoms with Gasteiger partial charge in [-0.05, 0) is 32.4 Å². The lowest BCUT2D eigenvalue weighted by molar-refractivity contribution is -0.109. The van der Waals surface area contributed by atoms with Crippen LogP contribution in [0.3, 0.4) is 0 Å². The second-order valence-corrected chi connectivity index (χ2v) is 4.70. The Morgan fingerprint density at radius 3 is 2.30 bits per heavy atom. The summed E-state index contributed by atoms with van der Waals surface area (Å²) < 4.78 is 5.51. The van der Waals surface area contributed by atoms with Crippen molar-refractivity contribution in [3.8, 4) is 11.3 Å². The number of nitrogens with one attached hydrogen (secondary N) is 1. The largest absolute Gasteiger partial charge is 0.461 e. The van der Waals surface area contributed by atoms with Gasteiger partial charge in [-0.15, -0.1) is 0 Å². The summed E-state index contributed by atoms with van der Waals surface area (Å²) in [5, 5.41) is 2.57. The molecule has 0 saturated heterocycles. The number of amides is 1. The fourth-order valence-electron chi connectivity index (χ4n) is 1.65. The van der Waals surface area contributed by atoms with Gasteiger partial charge in [-0.25, -0.2) is 0 Å². The number of benzene rings is 1. The molecule has 0 spiro atoms. The van der Waals surface area contributed by atoms with Crippen molar-refractivity contribution in [3.63, 3.8) is 0 Å². The van der Waals surface area contributed by atoms with Crippen molar-refractivity contribution < 1.29 is 9.21 Å². The van der Waals surface area contributed by atoms with E-state index < -0.39 is 0 Å². The summed E-state index contributed by atoms with van der Waals surface area (Å²) in [6.45, 7) is 6.95. The van der Waals surface area contributed by atoms with Gasteiger partial charge in [0.2, 0.25) is 6.41 Å². The van der Waals surface area contributed by atoms with Crippen LogP contribution in [0, 0.1) is 13.8 Å². The van der Waals surface area contributed by atoms with E-state index in [9.17, 15) is 4.79 Å². The number of hydrogen-bond donors (Lipinski definition) is 1. The average Bonchev–Trinajstić information content (AvgIpc) is 2.88. The molecule has 1 amide bonds. The Morgan fingerprint density at radius 2 is 1.80 bits per heavy atom. The average molecular weight is 273 g/mol. The molecule has 1 aromatic heterocycles. The van der Waals surface area contributed by atoms with Gasteiger partial charge in [0, 0.05) is 12.1 Å². The monoisotopic (exact) mass is 273 g/mol. The molecule has 3 nitrogen and oxygen atoms in total. The molecule has 1 aromatic carbocycles. The second kappa shape index (κ2) is 8.97. The summed E-state index contributed by atoms with van der Waals surface area (Å²) in [7, 11) is 0. The van der Waals surface area contributed by atoms with Crippen molar-refractivity contribution in [2.75, 3.05) is 6.54 Å². The van der Waals surface area contributed by atoms with Crippen molar-refractivity contribution in [2.24, 2.45) is 0 Å². The minimum atomic E-state index is 0.732. The molecule has 1 heterocycles. The lowest BCUT2D eigenvalue weighted by atomic mass is 10.1. The Balaban J connectivity index is 0.000000246. The first-order valence-electron chi connectivity index (χ1n) is 6.98. The molecule has 0 radical (unpaired) electrons. The third-order valence-corrected chi connectivity index (χ3v) is 2.83. The molecule has 0 fully saturated rings. The maximum absolute atomic E-state index is 9.57. The molecule has 2 rings (SSSR count). The molecule has 108 valence electrons. The third-order valence-electron chi connectivity index (χ3n) is 2.83. The van der Waals surface area contributed by atoms with E-state index in [0.717, 1.165) is 42.9 Å². The smallest absolute Gasteiger partial charge is 0.207 e. The molecule has 0 aliphatic heterocycles. The minimum absolute atomic E-state index is 0.732. The van der Waals surface area contributed by atoms with E-state index in [1.807, 2.05) is 19.1 Å². The predicted molar refractivity (Wildman–Crippen MR) is 82.6 cm³/mol. The van der Waals surface area contributed by atoms with Crippen LogP contribution >= 0.6 is 0 Å². The number of aryl methyl sites for hydroxylation is 2. The summed E-state index contributed by atoms with van der Waals surface area (Å²) in [6.07, 6.45) is 2.95. The van der Waals surface area contributed by atoms with E-state index >= 15 is 0 Å². The maximum atomic E-state index is 9.57. The first-order chi connectivity index (χ1) is 9.67.